The molecule has 4 heteroatoms. The topological polar surface area (TPSA) is 49.8 Å². The van der Waals surface area contributed by atoms with E-state index in [0.717, 1.165) is 43.4 Å². The van der Waals surface area contributed by atoms with Crippen LogP contribution in [0.1, 0.15) is 47.9 Å². The molecule has 2 aromatic rings. The van der Waals surface area contributed by atoms with Gasteiger partial charge in [-0.2, -0.15) is 0 Å². The van der Waals surface area contributed by atoms with E-state index in [1.54, 1.807) is 12.1 Å². The lowest BCUT2D eigenvalue weighted by Crippen LogP contribution is -2.37. The third-order valence-electron chi connectivity index (χ3n) is 5.92. The molecule has 1 unspecified atom stereocenters. The molecule has 148 valence electrons. The summed E-state index contributed by atoms with van der Waals surface area (Å²) in [6, 6.07) is 13.8. The summed E-state index contributed by atoms with van der Waals surface area (Å²) in [6.07, 6.45) is 7.31. The van der Waals surface area contributed by atoms with Crippen LogP contribution in [0.2, 0.25) is 0 Å². The van der Waals surface area contributed by atoms with Gasteiger partial charge in [0, 0.05) is 25.3 Å². The van der Waals surface area contributed by atoms with E-state index < -0.39 is 0 Å². The largest absolute Gasteiger partial charge is 0.508 e. The van der Waals surface area contributed by atoms with Crippen molar-refractivity contribution in [2.24, 2.45) is 0 Å². The molecule has 1 atom stereocenters. The number of phenolic OH excluding ortho intramolecular Hbond substituents is 1. The number of para-hydroxylation sites is 1. The predicted molar refractivity (Wildman–Crippen MR) is 109 cm³/mol. The summed E-state index contributed by atoms with van der Waals surface area (Å²) in [7, 11) is 0. The maximum atomic E-state index is 13.2. The van der Waals surface area contributed by atoms with Crippen LogP contribution in [0.5, 0.6) is 5.75 Å². The first-order chi connectivity index (χ1) is 13.7. The molecule has 0 saturated carbocycles. The first-order valence-electron chi connectivity index (χ1n) is 10.5. The van der Waals surface area contributed by atoms with Crippen LogP contribution in [-0.4, -0.2) is 35.2 Å². The molecule has 0 radical (unpaired) electrons. The number of hydrogen-bond acceptors (Lipinski definition) is 3. The number of carbonyl (C=O) groups is 1. The number of aryl methyl sites for hydroxylation is 2. The first-order valence-corrected chi connectivity index (χ1v) is 10.5. The number of ether oxygens (including phenoxy) is 1. The molecule has 1 aliphatic carbocycles. The van der Waals surface area contributed by atoms with E-state index in [0.29, 0.717) is 19.5 Å². The maximum absolute atomic E-state index is 13.2. The van der Waals surface area contributed by atoms with E-state index in [-0.39, 0.29) is 17.8 Å². The Bertz CT molecular complexity index is 826. The van der Waals surface area contributed by atoms with Gasteiger partial charge >= 0.3 is 0 Å². The normalized spacial score (nSPS) is 18.6. The van der Waals surface area contributed by atoms with Crippen molar-refractivity contribution in [1.29, 1.82) is 0 Å². The summed E-state index contributed by atoms with van der Waals surface area (Å²) in [4.78, 5) is 15.0. The minimum atomic E-state index is 0.0921. The monoisotopic (exact) mass is 379 g/mol. The molecule has 1 fully saturated rings. The SMILES string of the molecule is O=C(Cc1ccc2c(c1)CCCC2)N(Cc1ccccc1O)CC1CCCO1. The number of amides is 1. The third kappa shape index (κ3) is 4.56. The number of rotatable bonds is 6. The summed E-state index contributed by atoms with van der Waals surface area (Å²) in [5, 5.41) is 10.2. The van der Waals surface area contributed by atoms with Gasteiger partial charge in [-0.15, -0.1) is 0 Å². The Kier molecular flexibility index (Phi) is 5.96. The fraction of sp³-hybridized carbons (Fsp3) is 0.458. The van der Waals surface area contributed by atoms with Gasteiger partial charge < -0.3 is 14.7 Å². The van der Waals surface area contributed by atoms with Crippen molar-refractivity contribution in [2.75, 3.05) is 13.2 Å². The Morgan fingerprint density at radius 1 is 1.07 bits per heavy atom. The molecule has 4 nitrogen and oxygen atoms in total. The molecule has 4 rings (SSSR count). The quantitative estimate of drug-likeness (QED) is 0.825. The zero-order valence-corrected chi connectivity index (χ0v) is 16.4. The van der Waals surface area contributed by atoms with E-state index in [1.165, 1.54) is 24.0 Å². The molecular weight excluding hydrogens is 350 g/mol. The van der Waals surface area contributed by atoms with Crippen LogP contribution in [0.4, 0.5) is 0 Å². The Hall–Kier alpha value is -2.33. The van der Waals surface area contributed by atoms with Crippen molar-refractivity contribution >= 4 is 5.91 Å². The number of nitrogens with zero attached hydrogens (tertiary/aromatic N) is 1. The summed E-state index contributed by atoms with van der Waals surface area (Å²) < 4.78 is 5.77. The van der Waals surface area contributed by atoms with Gasteiger partial charge in [0.1, 0.15) is 5.75 Å². The number of hydrogen-bond donors (Lipinski definition) is 1. The minimum Gasteiger partial charge on any atom is -0.508 e. The standard InChI is InChI=1S/C24H29NO3/c26-23-10-4-3-8-21(23)16-25(17-22-9-5-13-28-22)24(27)15-18-11-12-19-6-1-2-7-20(19)14-18/h3-4,8,10-12,14,22,26H,1-2,5-7,9,13,15-17H2. The Morgan fingerprint density at radius 3 is 2.68 bits per heavy atom. The molecule has 28 heavy (non-hydrogen) atoms. The van der Waals surface area contributed by atoms with E-state index in [4.69, 9.17) is 4.74 Å². The van der Waals surface area contributed by atoms with Crippen molar-refractivity contribution in [3.8, 4) is 5.75 Å². The number of phenols is 1. The van der Waals surface area contributed by atoms with Gasteiger partial charge in [-0.25, -0.2) is 0 Å². The highest BCUT2D eigenvalue weighted by Gasteiger charge is 2.24. The molecule has 1 aliphatic heterocycles. The van der Waals surface area contributed by atoms with Gasteiger partial charge in [0.2, 0.25) is 5.91 Å². The second kappa shape index (κ2) is 8.78. The van der Waals surface area contributed by atoms with E-state index in [2.05, 4.69) is 18.2 Å². The number of carbonyl (C=O) groups excluding carboxylic acids is 1. The zero-order chi connectivity index (χ0) is 19.3. The molecule has 2 aliphatic rings. The third-order valence-corrected chi connectivity index (χ3v) is 5.92. The summed E-state index contributed by atoms with van der Waals surface area (Å²) in [5.41, 5.74) is 4.70. The van der Waals surface area contributed by atoms with Crippen LogP contribution in [0, 0.1) is 0 Å². The number of benzene rings is 2. The van der Waals surface area contributed by atoms with Gasteiger partial charge in [-0.3, -0.25) is 4.79 Å². The minimum absolute atomic E-state index is 0.0921. The van der Waals surface area contributed by atoms with Gasteiger partial charge in [-0.1, -0.05) is 36.4 Å². The van der Waals surface area contributed by atoms with Crippen LogP contribution in [-0.2, 0) is 35.3 Å². The highest BCUT2D eigenvalue weighted by atomic mass is 16.5. The molecule has 1 heterocycles. The number of fused-ring (bicyclic) bond motifs is 1. The van der Waals surface area contributed by atoms with Crippen molar-refractivity contribution in [2.45, 2.75) is 57.6 Å². The summed E-state index contributed by atoms with van der Waals surface area (Å²) >= 11 is 0. The summed E-state index contributed by atoms with van der Waals surface area (Å²) in [6.45, 7) is 1.77. The van der Waals surface area contributed by atoms with Crippen LogP contribution < -0.4 is 0 Å². The molecule has 0 aromatic heterocycles. The van der Waals surface area contributed by atoms with Crippen molar-refractivity contribution in [3.63, 3.8) is 0 Å². The summed E-state index contributed by atoms with van der Waals surface area (Å²) in [5.74, 6) is 0.330. The van der Waals surface area contributed by atoms with Gasteiger partial charge in [-0.05, 0) is 61.3 Å². The van der Waals surface area contributed by atoms with E-state index >= 15 is 0 Å². The average molecular weight is 380 g/mol. The fourth-order valence-corrected chi connectivity index (χ4v) is 4.32. The highest BCUT2D eigenvalue weighted by molar-refractivity contribution is 5.79. The van der Waals surface area contributed by atoms with Gasteiger partial charge in [0.15, 0.2) is 0 Å². The Balaban J connectivity index is 1.49. The van der Waals surface area contributed by atoms with Crippen LogP contribution >= 0.6 is 0 Å². The van der Waals surface area contributed by atoms with Crippen LogP contribution in [0.15, 0.2) is 42.5 Å². The lowest BCUT2D eigenvalue weighted by molar-refractivity contribution is -0.132. The van der Waals surface area contributed by atoms with Gasteiger partial charge in [0.05, 0.1) is 12.5 Å². The molecule has 1 saturated heterocycles. The zero-order valence-electron chi connectivity index (χ0n) is 16.4. The van der Waals surface area contributed by atoms with Gasteiger partial charge in [0.25, 0.3) is 0 Å². The van der Waals surface area contributed by atoms with Crippen molar-refractivity contribution in [1.82, 2.24) is 4.90 Å². The average Bonchev–Trinajstić information content (AvgIpc) is 3.22. The second-order valence-electron chi connectivity index (χ2n) is 8.02. The predicted octanol–water partition coefficient (Wildman–Crippen LogP) is 4.02. The van der Waals surface area contributed by atoms with Crippen molar-refractivity contribution in [3.05, 3.63) is 64.7 Å². The van der Waals surface area contributed by atoms with Crippen molar-refractivity contribution < 1.29 is 14.6 Å². The van der Waals surface area contributed by atoms with E-state index in [9.17, 15) is 9.90 Å². The molecular formula is C24H29NO3. The molecule has 0 spiro atoms. The van der Waals surface area contributed by atoms with Crippen LogP contribution in [0.3, 0.4) is 0 Å². The maximum Gasteiger partial charge on any atom is 0.227 e. The highest BCUT2D eigenvalue weighted by Crippen LogP contribution is 2.24. The van der Waals surface area contributed by atoms with E-state index in [1.807, 2.05) is 17.0 Å². The Morgan fingerprint density at radius 2 is 1.89 bits per heavy atom. The smallest absolute Gasteiger partial charge is 0.227 e. The van der Waals surface area contributed by atoms with Crippen LogP contribution in [0.25, 0.3) is 0 Å². The fourth-order valence-electron chi connectivity index (χ4n) is 4.32. The lowest BCUT2D eigenvalue weighted by atomic mass is 9.90. The Labute approximate surface area is 167 Å². The molecule has 1 amide bonds. The number of aromatic hydroxyl groups is 1. The molecule has 0 bridgehead atoms. The lowest BCUT2D eigenvalue weighted by Gasteiger charge is -2.26. The molecule has 2 aromatic carbocycles. The second-order valence-corrected chi connectivity index (χ2v) is 8.02. The molecule has 1 N–H and O–H groups in total. The first kappa shape index (κ1) is 19.0.